The van der Waals surface area contributed by atoms with Crippen LogP contribution in [-0.2, 0) is 16.5 Å². The van der Waals surface area contributed by atoms with E-state index < -0.39 is 0 Å². The minimum atomic E-state index is 0. The molecular formula is C32H66NiP2. The Balaban J connectivity index is -0.000000444. The summed E-state index contributed by atoms with van der Waals surface area (Å²) >= 11 is 0. The Hall–Kier alpha value is 0.834. The van der Waals surface area contributed by atoms with Gasteiger partial charge in [0.2, 0.25) is 0 Å². The summed E-state index contributed by atoms with van der Waals surface area (Å²) in [5.74, 6) is 0. The van der Waals surface area contributed by atoms with Crippen LogP contribution in [0.2, 0.25) is 0 Å². The third kappa shape index (κ3) is 34.8. The molecule has 0 heterocycles. The van der Waals surface area contributed by atoms with E-state index in [9.17, 15) is 0 Å². The normalized spacial score (nSPS) is 13.7. The Morgan fingerprint density at radius 2 is 0.543 bits per heavy atom. The number of hydrogen-bond acceptors (Lipinski definition) is 0. The molecule has 0 aromatic heterocycles. The maximum absolute atomic E-state index is 2.31. The minimum absolute atomic E-state index is 0. The molecule has 0 atom stereocenters. The van der Waals surface area contributed by atoms with Crippen molar-refractivity contribution in [1.29, 1.82) is 0 Å². The zero-order valence-corrected chi connectivity index (χ0v) is 27.9. The predicted molar refractivity (Wildman–Crippen MR) is 169 cm³/mol. The maximum atomic E-state index is 2.31. The van der Waals surface area contributed by atoms with Crippen LogP contribution in [0, 0.1) is 0 Å². The van der Waals surface area contributed by atoms with E-state index in [-0.39, 0.29) is 16.5 Å². The van der Waals surface area contributed by atoms with Crippen LogP contribution in [0.25, 0.3) is 0 Å². The van der Waals surface area contributed by atoms with E-state index in [0.29, 0.717) is 15.8 Å². The second-order valence-corrected chi connectivity index (χ2v) is 15.3. The molecule has 3 heteroatoms. The third-order valence-electron chi connectivity index (χ3n) is 6.30. The van der Waals surface area contributed by atoms with Crippen molar-refractivity contribution in [1.82, 2.24) is 0 Å². The predicted octanol–water partition coefficient (Wildman–Crippen LogP) is 12.4. The first-order valence-corrected chi connectivity index (χ1v) is 19.2. The molecule has 1 rings (SSSR count). The summed E-state index contributed by atoms with van der Waals surface area (Å²) in [6, 6.07) is 0. The van der Waals surface area contributed by atoms with E-state index in [1.54, 1.807) is 37.0 Å². The summed E-state index contributed by atoms with van der Waals surface area (Å²) in [7, 11) is 0.843. The molecule has 0 bridgehead atoms. The van der Waals surface area contributed by atoms with Crippen LogP contribution in [-0.4, -0.2) is 37.0 Å². The average molecular weight is 572 g/mol. The topological polar surface area (TPSA) is 0 Å². The second kappa shape index (κ2) is 37.0. The zero-order valence-electron chi connectivity index (χ0n) is 25.1. The van der Waals surface area contributed by atoms with Crippen molar-refractivity contribution in [2.45, 2.75) is 144 Å². The first-order valence-electron chi connectivity index (χ1n) is 15.4. The van der Waals surface area contributed by atoms with E-state index in [1.165, 1.54) is 103 Å². The van der Waals surface area contributed by atoms with Crippen LogP contribution >= 0.6 is 15.8 Å². The summed E-state index contributed by atoms with van der Waals surface area (Å²) < 4.78 is 0. The molecule has 0 aromatic carbocycles. The fourth-order valence-corrected chi connectivity index (χ4v) is 9.74. The van der Waals surface area contributed by atoms with Crippen molar-refractivity contribution < 1.29 is 16.5 Å². The van der Waals surface area contributed by atoms with Crippen molar-refractivity contribution in [2.24, 2.45) is 0 Å². The molecule has 0 radical (unpaired) electrons. The van der Waals surface area contributed by atoms with Gasteiger partial charge in [-0.05, 0) is 101 Å². The molecule has 1 aliphatic rings. The van der Waals surface area contributed by atoms with Gasteiger partial charge in [-0.1, -0.05) is 104 Å². The van der Waals surface area contributed by atoms with Gasteiger partial charge in [-0.15, -0.1) is 15.8 Å². The molecule has 0 nitrogen and oxygen atoms in total. The Bertz CT molecular complexity index is 320. The molecule has 35 heavy (non-hydrogen) atoms. The molecule has 0 saturated carbocycles. The minimum Gasteiger partial charge on any atom is -0.107 e. The summed E-state index contributed by atoms with van der Waals surface area (Å²) in [5.41, 5.74) is 0. The first kappa shape index (κ1) is 40.3. The molecule has 0 aliphatic heterocycles. The quantitative estimate of drug-likeness (QED) is 0.0872. The fraction of sp³-hybridized carbons (Fsp3) is 0.875. The van der Waals surface area contributed by atoms with Gasteiger partial charge in [0.1, 0.15) is 0 Å². The molecule has 214 valence electrons. The van der Waals surface area contributed by atoms with Gasteiger partial charge in [0, 0.05) is 16.5 Å². The molecule has 0 amide bonds. The van der Waals surface area contributed by atoms with Crippen molar-refractivity contribution in [2.75, 3.05) is 37.0 Å². The SMILES string of the molecule is C1=CCC/C=C\CC1.CCCCP(CCCC)CCCC.CCCCP(CCCC)CCCC.[Ni]. The Morgan fingerprint density at radius 3 is 0.686 bits per heavy atom. The molecule has 0 aromatic rings. The van der Waals surface area contributed by atoms with Crippen LogP contribution in [0.1, 0.15) is 144 Å². The number of unbranched alkanes of at least 4 members (excludes halogenated alkanes) is 6. The molecule has 0 spiro atoms. The van der Waals surface area contributed by atoms with Crippen molar-refractivity contribution in [3.8, 4) is 0 Å². The van der Waals surface area contributed by atoms with Gasteiger partial charge in [-0.25, -0.2) is 0 Å². The number of allylic oxidation sites excluding steroid dienone is 4. The molecule has 0 saturated heterocycles. The average Bonchev–Trinajstić information content (AvgIpc) is 2.83. The zero-order chi connectivity index (χ0) is 25.5. The van der Waals surface area contributed by atoms with E-state index >= 15 is 0 Å². The smallest absolute Gasteiger partial charge is 0 e. The van der Waals surface area contributed by atoms with Crippen molar-refractivity contribution in [3.05, 3.63) is 24.3 Å². The monoisotopic (exact) mass is 570 g/mol. The van der Waals surface area contributed by atoms with Crippen LogP contribution < -0.4 is 0 Å². The first-order chi connectivity index (χ1) is 16.7. The van der Waals surface area contributed by atoms with Crippen LogP contribution in [0.4, 0.5) is 0 Å². The third-order valence-corrected chi connectivity index (χ3v) is 12.0. The van der Waals surface area contributed by atoms with Gasteiger partial charge in [0.05, 0.1) is 0 Å². The van der Waals surface area contributed by atoms with Gasteiger partial charge >= 0.3 is 0 Å². The van der Waals surface area contributed by atoms with E-state index in [1.807, 2.05) is 0 Å². The van der Waals surface area contributed by atoms with Gasteiger partial charge < -0.3 is 0 Å². The van der Waals surface area contributed by atoms with Crippen molar-refractivity contribution in [3.63, 3.8) is 0 Å². The summed E-state index contributed by atoms with van der Waals surface area (Å²) in [5, 5.41) is 0. The maximum Gasteiger partial charge on any atom is 0 e. The molecule has 0 fully saturated rings. The molecular weight excluding hydrogens is 505 g/mol. The standard InChI is InChI=1S/2C12H27P.C8H12.Ni/c2*1-4-7-10-13(11-8-5-2)12-9-6-3;1-2-4-6-8-7-5-3-1;/h2*4-12H2,1-3H3;1-2,7-8H,3-6H2;/b;;2-1-,8-7?;. The van der Waals surface area contributed by atoms with Crippen LogP contribution in [0.5, 0.6) is 0 Å². The van der Waals surface area contributed by atoms with Gasteiger partial charge in [0.15, 0.2) is 0 Å². The van der Waals surface area contributed by atoms with Gasteiger partial charge in [0.25, 0.3) is 0 Å². The second-order valence-electron chi connectivity index (χ2n) is 9.90. The fourth-order valence-electron chi connectivity index (χ4n) is 3.82. The van der Waals surface area contributed by atoms with E-state index in [2.05, 4.69) is 65.8 Å². The van der Waals surface area contributed by atoms with Crippen LogP contribution in [0.15, 0.2) is 24.3 Å². The number of hydrogen-bond donors (Lipinski definition) is 0. The number of rotatable bonds is 18. The van der Waals surface area contributed by atoms with Gasteiger partial charge in [-0.2, -0.15) is 0 Å². The molecule has 0 N–H and O–H groups in total. The summed E-state index contributed by atoms with van der Waals surface area (Å²) in [6.45, 7) is 13.9. The van der Waals surface area contributed by atoms with Crippen molar-refractivity contribution >= 4 is 15.8 Å². The summed E-state index contributed by atoms with van der Waals surface area (Å²) in [6.07, 6.45) is 40.4. The van der Waals surface area contributed by atoms with Gasteiger partial charge in [-0.3, -0.25) is 0 Å². The Kier molecular flexibility index (Phi) is 42.6. The Labute approximate surface area is 237 Å². The molecule has 1 aliphatic carbocycles. The molecule has 0 unspecified atom stereocenters. The largest absolute Gasteiger partial charge is 0.107 e. The van der Waals surface area contributed by atoms with E-state index in [4.69, 9.17) is 0 Å². The summed E-state index contributed by atoms with van der Waals surface area (Å²) in [4.78, 5) is 0. The van der Waals surface area contributed by atoms with E-state index in [0.717, 1.165) is 0 Å². The van der Waals surface area contributed by atoms with Crippen LogP contribution in [0.3, 0.4) is 0 Å². The Morgan fingerprint density at radius 1 is 0.371 bits per heavy atom.